The van der Waals surface area contributed by atoms with Crippen LogP contribution >= 0.6 is 0 Å². The highest BCUT2D eigenvalue weighted by Crippen LogP contribution is 2.59. The minimum absolute atomic E-state index is 0.100. The van der Waals surface area contributed by atoms with Crippen LogP contribution in [0.2, 0.25) is 0 Å². The van der Waals surface area contributed by atoms with Gasteiger partial charge in [0.15, 0.2) is 0 Å². The van der Waals surface area contributed by atoms with E-state index in [2.05, 4.69) is 20.8 Å². The second-order valence-electron chi connectivity index (χ2n) is 8.47. The molecule has 0 spiro atoms. The molecular formula is C17H30O3S. The maximum absolute atomic E-state index is 12.2. The Kier molecular flexibility index (Phi) is 3.73. The number of hydrogen-bond acceptors (Lipinski definition) is 3. The van der Waals surface area contributed by atoms with Gasteiger partial charge in [0.1, 0.15) is 9.84 Å². The molecule has 0 unspecified atom stereocenters. The third-order valence-corrected chi connectivity index (χ3v) is 8.28. The van der Waals surface area contributed by atoms with Gasteiger partial charge in [0.2, 0.25) is 0 Å². The Morgan fingerprint density at radius 1 is 1.14 bits per heavy atom. The lowest BCUT2D eigenvalue weighted by Crippen LogP contribution is -2.49. The molecule has 1 heterocycles. The molecule has 0 bridgehead atoms. The lowest BCUT2D eigenvalue weighted by atomic mass is 9.50. The maximum atomic E-state index is 12.2. The van der Waals surface area contributed by atoms with Crippen molar-refractivity contribution in [1.82, 2.24) is 0 Å². The van der Waals surface area contributed by atoms with Crippen molar-refractivity contribution in [2.24, 2.45) is 23.2 Å². The van der Waals surface area contributed by atoms with E-state index in [1.165, 1.54) is 12.8 Å². The second-order valence-corrected chi connectivity index (χ2v) is 10.9. The van der Waals surface area contributed by atoms with Crippen LogP contribution < -0.4 is 0 Å². The Balaban J connectivity index is 1.80. The fourth-order valence-corrected chi connectivity index (χ4v) is 6.51. The lowest BCUT2D eigenvalue weighted by Gasteiger charge is -2.55. The summed E-state index contributed by atoms with van der Waals surface area (Å²) in [6.07, 6.45) is 6.06. The van der Waals surface area contributed by atoms with Gasteiger partial charge in [-0.05, 0) is 62.2 Å². The van der Waals surface area contributed by atoms with Gasteiger partial charge >= 0.3 is 0 Å². The van der Waals surface area contributed by atoms with Crippen molar-refractivity contribution in [3.63, 3.8) is 0 Å². The molecule has 0 radical (unpaired) electrons. The first-order valence-corrected chi connectivity index (χ1v) is 10.4. The lowest BCUT2D eigenvalue weighted by molar-refractivity contribution is -0.0569. The molecule has 1 saturated heterocycles. The SMILES string of the molecule is CCS(=O)(=O)C[C@@H]1CC[C@H]2O[C@]2(C)CC[C@@H]2CC(C)(C)[C@@H]21. The summed E-state index contributed by atoms with van der Waals surface area (Å²) >= 11 is 0. The van der Waals surface area contributed by atoms with Crippen LogP contribution in [0.1, 0.15) is 59.8 Å². The summed E-state index contributed by atoms with van der Waals surface area (Å²) < 4.78 is 30.2. The second kappa shape index (κ2) is 4.95. The van der Waals surface area contributed by atoms with Gasteiger partial charge in [-0.1, -0.05) is 20.8 Å². The molecule has 2 saturated carbocycles. The van der Waals surface area contributed by atoms with Crippen molar-refractivity contribution in [1.29, 1.82) is 0 Å². The third kappa shape index (κ3) is 2.90. The average Bonchev–Trinajstić information content (AvgIpc) is 3.01. The van der Waals surface area contributed by atoms with Gasteiger partial charge in [-0.3, -0.25) is 0 Å². The number of rotatable bonds is 3. The van der Waals surface area contributed by atoms with Gasteiger partial charge in [-0.2, -0.15) is 0 Å². The molecule has 0 aromatic rings. The first kappa shape index (κ1) is 15.8. The molecule has 3 aliphatic rings. The van der Waals surface area contributed by atoms with Crippen molar-refractivity contribution in [3.8, 4) is 0 Å². The summed E-state index contributed by atoms with van der Waals surface area (Å²) in [5, 5.41) is 0. The van der Waals surface area contributed by atoms with E-state index in [4.69, 9.17) is 4.74 Å². The van der Waals surface area contributed by atoms with Gasteiger partial charge in [0.25, 0.3) is 0 Å². The van der Waals surface area contributed by atoms with Crippen LogP contribution in [0.25, 0.3) is 0 Å². The van der Waals surface area contributed by atoms with Crippen LogP contribution in [0.5, 0.6) is 0 Å². The van der Waals surface area contributed by atoms with Crippen molar-refractivity contribution >= 4 is 9.84 Å². The number of hydrogen-bond donors (Lipinski definition) is 0. The Labute approximate surface area is 129 Å². The van der Waals surface area contributed by atoms with Crippen molar-refractivity contribution in [2.45, 2.75) is 71.5 Å². The Bertz CT molecular complexity index is 510. The molecule has 122 valence electrons. The van der Waals surface area contributed by atoms with E-state index in [0.29, 0.717) is 35.0 Å². The van der Waals surface area contributed by atoms with Gasteiger partial charge in [0.05, 0.1) is 17.5 Å². The van der Waals surface area contributed by atoms with Gasteiger partial charge < -0.3 is 4.74 Å². The predicted octanol–water partition coefficient (Wildman–Crippen LogP) is 3.43. The van der Waals surface area contributed by atoms with Crippen LogP contribution in [0, 0.1) is 23.2 Å². The quantitative estimate of drug-likeness (QED) is 0.750. The molecule has 0 aromatic carbocycles. The highest BCUT2D eigenvalue weighted by Gasteiger charge is 2.57. The number of fused-ring (bicyclic) bond motifs is 2. The fraction of sp³-hybridized carbons (Fsp3) is 1.00. The topological polar surface area (TPSA) is 46.7 Å². The largest absolute Gasteiger partial charge is 0.366 e. The standard InChI is InChI=1S/C17H30O3S/c1-5-21(18,19)11-13-6-7-14-17(4,20-14)9-8-12-10-16(2,3)15(12)13/h12-15H,5-11H2,1-4H3/t12-,13+,14-,15+,17-/m1/s1. The molecular weight excluding hydrogens is 284 g/mol. The van der Waals surface area contributed by atoms with E-state index in [9.17, 15) is 8.42 Å². The highest BCUT2D eigenvalue weighted by atomic mass is 32.2. The van der Waals surface area contributed by atoms with Crippen molar-refractivity contribution < 1.29 is 13.2 Å². The van der Waals surface area contributed by atoms with Crippen LogP contribution in [0.15, 0.2) is 0 Å². The van der Waals surface area contributed by atoms with E-state index < -0.39 is 9.84 Å². The Morgan fingerprint density at radius 3 is 2.48 bits per heavy atom. The molecule has 5 atom stereocenters. The molecule has 2 aliphatic carbocycles. The first-order valence-electron chi connectivity index (χ1n) is 8.55. The summed E-state index contributed by atoms with van der Waals surface area (Å²) in [6, 6.07) is 0. The summed E-state index contributed by atoms with van der Waals surface area (Å²) in [7, 11) is -2.89. The van der Waals surface area contributed by atoms with Crippen LogP contribution in [0.4, 0.5) is 0 Å². The van der Waals surface area contributed by atoms with E-state index in [1.54, 1.807) is 6.92 Å². The molecule has 0 amide bonds. The minimum Gasteiger partial charge on any atom is -0.366 e. The van der Waals surface area contributed by atoms with E-state index in [0.717, 1.165) is 19.3 Å². The zero-order chi connectivity index (χ0) is 15.5. The predicted molar refractivity (Wildman–Crippen MR) is 84.9 cm³/mol. The summed E-state index contributed by atoms with van der Waals surface area (Å²) in [5.41, 5.74) is 0.414. The van der Waals surface area contributed by atoms with Gasteiger partial charge in [0, 0.05) is 5.75 Å². The monoisotopic (exact) mass is 314 g/mol. The van der Waals surface area contributed by atoms with Gasteiger partial charge in [-0.15, -0.1) is 0 Å². The molecule has 0 N–H and O–H groups in total. The molecule has 0 aromatic heterocycles. The minimum atomic E-state index is -2.89. The van der Waals surface area contributed by atoms with Gasteiger partial charge in [-0.25, -0.2) is 8.42 Å². The Morgan fingerprint density at radius 2 is 1.86 bits per heavy atom. The molecule has 3 fully saturated rings. The smallest absolute Gasteiger partial charge is 0.150 e. The summed E-state index contributed by atoms with van der Waals surface area (Å²) in [5.74, 6) is 2.28. The fourth-order valence-electron chi connectivity index (χ4n) is 5.24. The number of ether oxygens (including phenoxy) is 1. The van der Waals surface area contributed by atoms with Crippen molar-refractivity contribution in [2.75, 3.05) is 11.5 Å². The molecule has 3 rings (SSSR count). The van der Waals surface area contributed by atoms with Crippen LogP contribution in [0.3, 0.4) is 0 Å². The molecule has 4 heteroatoms. The average molecular weight is 314 g/mol. The highest BCUT2D eigenvalue weighted by molar-refractivity contribution is 7.91. The van der Waals surface area contributed by atoms with E-state index in [-0.39, 0.29) is 11.4 Å². The summed E-state index contributed by atoms with van der Waals surface area (Å²) in [4.78, 5) is 0. The Hall–Kier alpha value is -0.0900. The van der Waals surface area contributed by atoms with Crippen molar-refractivity contribution in [3.05, 3.63) is 0 Å². The number of sulfone groups is 1. The normalized spacial score (nSPS) is 45.3. The maximum Gasteiger partial charge on any atom is 0.150 e. The van der Waals surface area contributed by atoms with Crippen LogP contribution in [-0.2, 0) is 14.6 Å². The van der Waals surface area contributed by atoms with Crippen LogP contribution in [-0.4, -0.2) is 31.6 Å². The van der Waals surface area contributed by atoms with E-state index in [1.807, 2.05) is 0 Å². The third-order valence-electron chi connectivity index (χ3n) is 6.46. The summed E-state index contributed by atoms with van der Waals surface area (Å²) in [6.45, 7) is 8.67. The zero-order valence-electron chi connectivity index (χ0n) is 13.9. The van der Waals surface area contributed by atoms with E-state index >= 15 is 0 Å². The first-order chi connectivity index (χ1) is 9.67. The molecule has 3 nitrogen and oxygen atoms in total. The number of epoxide rings is 1. The molecule has 21 heavy (non-hydrogen) atoms. The zero-order valence-corrected chi connectivity index (χ0v) is 14.7. The molecule has 1 aliphatic heterocycles.